The van der Waals surface area contributed by atoms with E-state index in [0.29, 0.717) is 23.3 Å². The molecular weight excluding hydrogens is 429 g/mol. The molecule has 3 rings (SSSR count). The van der Waals surface area contributed by atoms with Gasteiger partial charge in [-0.25, -0.2) is 0 Å². The van der Waals surface area contributed by atoms with Crippen molar-refractivity contribution in [1.82, 2.24) is 14.8 Å². The topological polar surface area (TPSA) is 69.0 Å². The first-order chi connectivity index (χ1) is 14.8. The molecule has 0 bridgehead atoms. The van der Waals surface area contributed by atoms with Crippen LogP contribution in [0.2, 0.25) is 0 Å². The second kappa shape index (κ2) is 9.86. The molecule has 31 heavy (non-hydrogen) atoms. The molecule has 10 heteroatoms. The van der Waals surface area contributed by atoms with E-state index in [0.717, 1.165) is 23.9 Å². The highest BCUT2D eigenvalue weighted by Gasteiger charge is 2.30. The molecule has 0 aliphatic heterocycles. The van der Waals surface area contributed by atoms with Crippen molar-refractivity contribution in [2.45, 2.75) is 37.8 Å². The van der Waals surface area contributed by atoms with Crippen molar-refractivity contribution in [3.8, 4) is 5.75 Å². The Morgan fingerprint density at radius 1 is 1.16 bits per heavy atom. The van der Waals surface area contributed by atoms with Gasteiger partial charge in [0.2, 0.25) is 5.91 Å². The van der Waals surface area contributed by atoms with Gasteiger partial charge in [0.15, 0.2) is 17.1 Å². The van der Waals surface area contributed by atoms with Crippen LogP contribution in [-0.4, -0.2) is 26.4 Å². The van der Waals surface area contributed by atoms with Gasteiger partial charge in [0.05, 0.1) is 11.3 Å². The van der Waals surface area contributed by atoms with E-state index in [9.17, 15) is 18.0 Å². The average Bonchev–Trinajstić information content (AvgIpc) is 3.15. The first-order valence-electron chi connectivity index (χ1n) is 9.52. The number of nitrogens with one attached hydrogen (secondary N) is 1. The molecule has 6 nitrogen and oxygen atoms in total. The van der Waals surface area contributed by atoms with E-state index in [1.807, 2.05) is 48.7 Å². The Morgan fingerprint density at radius 3 is 2.58 bits per heavy atom. The van der Waals surface area contributed by atoms with Crippen LogP contribution in [0.3, 0.4) is 0 Å². The summed E-state index contributed by atoms with van der Waals surface area (Å²) in [6, 6.07) is 13.8. The maximum Gasteiger partial charge on any atom is 0.416 e. The lowest BCUT2D eigenvalue weighted by Crippen LogP contribution is -2.16. The number of carbonyl (C=O) groups is 1. The summed E-state index contributed by atoms with van der Waals surface area (Å²) in [5.41, 5.74) is -0.733. The predicted octanol–water partition coefficient (Wildman–Crippen LogP) is 5.19. The molecule has 0 spiro atoms. The van der Waals surface area contributed by atoms with Gasteiger partial charge >= 0.3 is 6.18 Å². The van der Waals surface area contributed by atoms with E-state index in [2.05, 4.69) is 15.5 Å². The van der Waals surface area contributed by atoms with Gasteiger partial charge < -0.3 is 14.6 Å². The fraction of sp³-hybridized carbons (Fsp3) is 0.286. The van der Waals surface area contributed by atoms with Crippen molar-refractivity contribution in [3.63, 3.8) is 0 Å². The Labute approximate surface area is 181 Å². The van der Waals surface area contributed by atoms with Crippen molar-refractivity contribution in [2.75, 3.05) is 11.1 Å². The number of amides is 1. The maximum atomic E-state index is 12.8. The normalized spacial score (nSPS) is 12.4. The molecule has 0 fully saturated rings. The summed E-state index contributed by atoms with van der Waals surface area (Å²) in [6.45, 7) is 4.36. The van der Waals surface area contributed by atoms with Crippen LogP contribution < -0.4 is 10.1 Å². The lowest BCUT2D eigenvalue weighted by Gasteiger charge is -2.15. The van der Waals surface area contributed by atoms with Crippen molar-refractivity contribution >= 4 is 23.4 Å². The molecule has 164 valence electrons. The van der Waals surface area contributed by atoms with Crippen LogP contribution in [0.1, 0.15) is 31.3 Å². The summed E-state index contributed by atoms with van der Waals surface area (Å²) < 4.78 is 46.2. The van der Waals surface area contributed by atoms with Crippen LogP contribution in [-0.2, 0) is 17.5 Å². The standard InChI is InChI=1S/C21H21F3N4O2S/c1-3-28-19(14(2)30-17-10-5-4-6-11-17)26-27-20(28)31-13-18(29)25-16-9-7-8-15(12-16)21(22,23)24/h4-12,14H,3,13H2,1-2H3,(H,25,29)/t14-/m1/s1. The Hall–Kier alpha value is -3.01. The van der Waals surface area contributed by atoms with Crippen molar-refractivity contribution in [2.24, 2.45) is 0 Å². The number of anilines is 1. The van der Waals surface area contributed by atoms with E-state index in [1.54, 1.807) is 0 Å². The zero-order valence-electron chi connectivity index (χ0n) is 16.9. The van der Waals surface area contributed by atoms with E-state index in [-0.39, 0.29) is 17.5 Å². The van der Waals surface area contributed by atoms with Gasteiger partial charge in [-0.3, -0.25) is 4.79 Å². The Kier molecular flexibility index (Phi) is 7.21. The highest BCUT2D eigenvalue weighted by atomic mass is 32.2. The predicted molar refractivity (Wildman–Crippen MR) is 112 cm³/mol. The zero-order chi connectivity index (χ0) is 22.4. The molecule has 3 aromatic rings. The molecule has 0 saturated carbocycles. The molecule has 0 aliphatic carbocycles. The lowest BCUT2D eigenvalue weighted by atomic mass is 10.2. The number of benzene rings is 2. The number of nitrogens with zero attached hydrogens (tertiary/aromatic N) is 3. The number of aromatic nitrogens is 3. The van der Waals surface area contributed by atoms with Crippen LogP contribution in [0.5, 0.6) is 5.75 Å². The summed E-state index contributed by atoms with van der Waals surface area (Å²) in [5.74, 6) is 0.857. The number of para-hydroxylation sites is 1. The fourth-order valence-electron chi connectivity index (χ4n) is 2.86. The number of ether oxygens (including phenoxy) is 1. The average molecular weight is 450 g/mol. The minimum absolute atomic E-state index is 0.0255. The van der Waals surface area contributed by atoms with Gasteiger partial charge in [-0.1, -0.05) is 36.0 Å². The number of hydrogen-bond donors (Lipinski definition) is 1. The fourth-order valence-corrected chi connectivity index (χ4v) is 3.67. The molecule has 0 aliphatic rings. The van der Waals surface area contributed by atoms with Crippen LogP contribution >= 0.6 is 11.8 Å². The molecule has 2 aromatic carbocycles. The smallest absolute Gasteiger partial charge is 0.416 e. The Morgan fingerprint density at radius 2 is 1.90 bits per heavy atom. The van der Waals surface area contributed by atoms with Gasteiger partial charge in [-0.05, 0) is 44.2 Å². The third-order valence-corrected chi connectivity index (χ3v) is 5.25. The lowest BCUT2D eigenvalue weighted by molar-refractivity contribution is -0.137. The zero-order valence-corrected chi connectivity index (χ0v) is 17.7. The number of carbonyl (C=O) groups excluding carboxylic acids is 1. The highest BCUT2D eigenvalue weighted by Crippen LogP contribution is 2.31. The second-order valence-electron chi connectivity index (χ2n) is 6.57. The van der Waals surface area contributed by atoms with Crippen molar-refractivity contribution in [3.05, 3.63) is 66.0 Å². The SMILES string of the molecule is CCn1c(SCC(=O)Nc2cccc(C(F)(F)F)c2)nnc1[C@@H](C)Oc1ccccc1. The van der Waals surface area contributed by atoms with Gasteiger partial charge in [0, 0.05) is 12.2 Å². The number of thioether (sulfide) groups is 1. The van der Waals surface area contributed by atoms with Gasteiger partial charge in [0.25, 0.3) is 0 Å². The molecule has 1 heterocycles. The molecule has 1 atom stereocenters. The van der Waals surface area contributed by atoms with Crippen LogP contribution in [0.4, 0.5) is 18.9 Å². The Bertz CT molecular complexity index is 1020. The first kappa shape index (κ1) is 22.7. The number of halogens is 3. The van der Waals surface area contributed by atoms with E-state index >= 15 is 0 Å². The largest absolute Gasteiger partial charge is 0.483 e. The number of hydrogen-bond acceptors (Lipinski definition) is 5. The molecule has 0 unspecified atom stereocenters. The Balaban J connectivity index is 1.62. The minimum atomic E-state index is -4.47. The third kappa shape index (κ3) is 6.00. The molecule has 1 N–H and O–H groups in total. The van der Waals surface area contributed by atoms with Crippen molar-refractivity contribution < 1.29 is 22.7 Å². The summed E-state index contributed by atoms with van der Waals surface area (Å²) in [4.78, 5) is 12.2. The van der Waals surface area contributed by atoms with E-state index in [4.69, 9.17) is 4.74 Å². The monoisotopic (exact) mass is 450 g/mol. The molecular formula is C21H21F3N4O2S. The summed E-state index contributed by atoms with van der Waals surface area (Å²) in [5, 5.41) is 11.3. The molecule has 0 radical (unpaired) electrons. The van der Waals surface area contributed by atoms with Gasteiger partial charge in [-0.2, -0.15) is 13.2 Å². The first-order valence-corrected chi connectivity index (χ1v) is 10.5. The minimum Gasteiger partial charge on any atom is -0.483 e. The highest BCUT2D eigenvalue weighted by molar-refractivity contribution is 7.99. The van der Waals surface area contributed by atoms with Crippen molar-refractivity contribution in [1.29, 1.82) is 0 Å². The maximum absolute atomic E-state index is 12.8. The molecule has 1 amide bonds. The molecule has 1 aromatic heterocycles. The summed E-state index contributed by atoms with van der Waals surface area (Å²) in [6.07, 6.45) is -4.83. The van der Waals surface area contributed by atoms with Gasteiger partial charge in [0.1, 0.15) is 5.75 Å². The summed E-state index contributed by atoms with van der Waals surface area (Å²) >= 11 is 1.15. The quantitative estimate of drug-likeness (QED) is 0.479. The summed E-state index contributed by atoms with van der Waals surface area (Å²) in [7, 11) is 0. The molecule has 0 saturated heterocycles. The van der Waals surface area contributed by atoms with Crippen LogP contribution in [0.25, 0.3) is 0 Å². The van der Waals surface area contributed by atoms with E-state index < -0.39 is 17.6 Å². The second-order valence-corrected chi connectivity index (χ2v) is 7.52. The van der Waals surface area contributed by atoms with Gasteiger partial charge in [-0.15, -0.1) is 10.2 Å². The third-order valence-electron chi connectivity index (χ3n) is 4.29. The number of rotatable bonds is 8. The van der Waals surface area contributed by atoms with Crippen LogP contribution in [0.15, 0.2) is 59.8 Å². The van der Waals surface area contributed by atoms with E-state index in [1.165, 1.54) is 12.1 Å². The van der Waals surface area contributed by atoms with Crippen LogP contribution in [0, 0.1) is 0 Å². The number of alkyl halides is 3.